The SMILES string of the molecule is CC(C)COC(=O)NCCCC(=O)Nc1cccc(-c2c(Br)c3cccnc3n2C(=O)OC(C)(C)C)c1. The number of pyridine rings is 1. The van der Waals surface area contributed by atoms with Crippen LogP contribution in [0.2, 0.25) is 0 Å². The van der Waals surface area contributed by atoms with Gasteiger partial charge in [0.1, 0.15) is 5.60 Å². The van der Waals surface area contributed by atoms with Crippen molar-refractivity contribution in [3.05, 3.63) is 47.1 Å². The average Bonchev–Trinajstić information content (AvgIpc) is 3.12. The van der Waals surface area contributed by atoms with Crippen molar-refractivity contribution < 1.29 is 23.9 Å². The van der Waals surface area contributed by atoms with E-state index in [9.17, 15) is 14.4 Å². The molecule has 10 heteroatoms. The number of ether oxygens (including phenoxy) is 2. The van der Waals surface area contributed by atoms with Crippen LogP contribution in [0.5, 0.6) is 0 Å². The lowest BCUT2D eigenvalue weighted by Gasteiger charge is -2.21. The number of carbonyl (C=O) groups is 3. The monoisotopic (exact) mass is 572 g/mol. The van der Waals surface area contributed by atoms with Gasteiger partial charge in [-0.15, -0.1) is 0 Å². The minimum Gasteiger partial charge on any atom is -0.449 e. The van der Waals surface area contributed by atoms with Crippen molar-refractivity contribution in [3.63, 3.8) is 0 Å². The smallest absolute Gasteiger partial charge is 0.420 e. The van der Waals surface area contributed by atoms with Crippen molar-refractivity contribution in [2.75, 3.05) is 18.5 Å². The van der Waals surface area contributed by atoms with E-state index in [1.807, 2.05) is 26.0 Å². The maximum absolute atomic E-state index is 13.2. The van der Waals surface area contributed by atoms with Crippen LogP contribution in [0.25, 0.3) is 22.3 Å². The van der Waals surface area contributed by atoms with Gasteiger partial charge in [-0.2, -0.15) is 0 Å². The molecule has 3 aromatic rings. The van der Waals surface area contributed by atoms with E-state index >= 15 is 0 Å². The molecule has 2 heterocycles. The molecule has 1 aromatic carbocycles. The normalized spacial score (nSPS) is 11.4. The Morgan fingerprint density at radius 3 is 2.59 bits per heavy atom. The fraction of sp³-hybridized carbons (Fsp3) is 0.407. The Labute approximate surface area is 225 Å². The lowest BCUT2D eigenvalue weighted by Crippen LogP contribution is -2.27. The third-order valence-electron chi connectivity index (χ3n) is 5.06. The predicted octanol–water partition coefficient (Wildman–Crippen LogP) is 6.35. The lowest BCUT2D eigenvalue weighted by molar-refractivity contribution is -0.116. The quantitative estimate of drug-likeness (QED) is 0.304. The molecule has 2 amide bonds. The van der Waals surface area contributed by atoms with Crippen LogP contribution in [0.15, 0.2) is 47.1 Å². The summed E-state index contributed by atoms with van der Waals surface area (Å²) in [7, 11) is 0. The van der Waals surface area contributed by atoms with Crippen LogP contribution in [0, 0.1) is 5.92 Å². The first-order chi connectivity index (χ1) is 17.5. The number of anilines is 1. The molecule has 0 aliphatic carbocycles. The second kappa shape index (κ2) is 12.2. The van der Waals surface area contributed by atoms with E-state index < -0.39 is 17.8 Å². The summed E-state index contributed by atoms with van der Waals surface area (Å²) in [4.78, 5) is 41.7. The standard InChI is InChI=1S/C27H33BrN4O5/c1-17(2)16-36-25(34)30-14-8-12-21(33)31-19-10-6-9-18(15-19)23-22(28)20-11-7-13-29-24(20)32(23)26(35)37-27(3,4)5/h6-7,9-11,13,15,17H,8,12,14,16H2,1-5H3,(H,30,34)(H,31,33). The lowest BCUT2D eigenvalue weighted by atomic mass is 10.1. The zero-order valence-electron chi connectivity index (χ0n) is 21.8. The summed E-state index contributed by atoms with van der Waals surface area (Å²) in [5.74, 6) is 0.0671. The number of fused-ring (bicyclic) bond motifs is 1. The number of amides is 2. The first-order valence-electron chi connectivity index (χ1n) is 12.2. The van der Waals surface area contributed by atoms with Gasteiger partial charge in [-0.05, 0) is 73.3 Å². The summed E-state index contributed by atoms with van der Waals surface area (Å²) in [5, 5.41) is 6.28. The second-order valence-electron chi connectivity index (χ2n) is 10.0. The van der Waals surface area contributed by atoms with E-state index in [2.05, 4.69) is 31.5 Å². The van der Waals surface area contributed by atoms with Crippen molar-refractivity contribution in [3.8, 4) is 11.3 Å². The fourth-order valence-electron chi connectivity index (χ4n) is 3.52. The summed E-state index contributed by atoms with van der Waals surface area (Å²) in [6.07, 6.45) is 1.27. The Morgan fingerprint density at radius 2 is 1.89 bits per heavy atom. The second-order valence-corrected chi connectivity index (χ2v) is 10.8. The number of nitrogens with zero attached hydrogens (tertiary/aromatic N) is 2. The number of benzene rings is 1. The molecule has 198 valence electrons. The van der Waals surface area contributed by atoms with Gasteiger partial charge in [0.25, 0.3) is 0 Å². The first kappa shape index (κ1) is 28.2. The van der Waals surface area contributed by atoms with Gasteiger partial charge in [0.15, 0.2) is 5.65 Å². The molecule has 2 aromatic heterocycles. The minimum absolute atomic E-state index is 0.192. The van der Waals surface area contributed by atoms with E-state index in [1.54, 1.807) is 51.2 Å². The van der Waals surface area contributed by atoms with Crippen LogP contribution in [0.3, 0.4) is 0 Å². The molecule has 0 atom stereocenters. The molecule has 0 aliphatic rings. The molecule has 0 unspecified atom stereocenters. The molecule has 0 bridgehead atoms. The van der Waals surface area contributed by atoms with Crippen molar-refractivity contribution in [1.82, 2.24) is 14.9 Å². The van der Waals surface area contributed by atoms with Crippen LogP contribution in [-0.2, 0) is 14.3 Å². The van der Waals surface area contributed by atoms with Crippen LogP contribution < -0.4 is 10.6 Å². The van der Waals surface area contributed by atoms with E-state index in [-0.39, 0.29) is 18.2 Å². The van der Waals surface area contributed by atoms with Crippen LogP contribution in [0.1, 0.15) is 47.5 Å². The number of nitrogens with one attached hydrogen (secondary N) is 2. The molecular formula is C27H33BrN4O5. The molecule has 0 fully saturated rings. The number of carbonyl (C=O) groups excluding carboxylic acids is 3. The maximum Gasteiger partial charge on any atom is 0.420 e. The van der Waals surface area contributed by atoms with Gasteiger partial charge >= 0.3 is 12.2 Å². The molecule has 0 aliphatic heterocycles. The van der Waals surface area contributed by atoms with Gasteiger partial charge in [-0.1, -0.05) is 26.0 Å². The van der Waals surface area contributed by atoms with Gasteiger partial charge in [-0.25, -0.2) is 19.1 Å². The number of hydrogen-bond acceptors (Lipinski definition) is 6. The molecule has 0 saturated heterocycles. The van der Waals surface area contributed by atoms with Gasteiger partial charge in [0.2, 0.25) is 5.91 Å². The van der Waals surface area contributed by atoms with Crippen molar-refractivity contribution >= 4 is 50.7 Å². The molecule has 37 heavy (non-hydrogen) atoms. The molecule has 0 spiro atoms. The Bertz CT molecular complexity index is 1280. The van der Waals surface area contributed by atoms with E-state index in [4.69, 9.17) is 9.47 Å². The van der Waals surface area contributed by atoms with E-state index in [1.165, 1.54) is 4.57 Å². The summed E-state index contributed by atoms with van der Waals surface area (Å²) in [6, 6.07) is 10.9. The third-order valence-corrected chi connectivity index (χ3v) is 5.86. The van der Waals surface area contributed by atoms with Gasteiger partial charge in [-0.3, -0.25) is 4.79 Å². The Morgan fingerprint density at radius 1 is 1.14 bits per heavy atom. The summed E-state index contributed by atoms with van der Waals surface area (Å²) in [6.45, 7) is 10.0. The Kier molecular flexibility index (Phi) is 9.31. The number of alkyl carbamates (subject to hydrolysis) is 1. The van der Waals surface area contributed by atoms with E-state index in [0.717, 1.165) is 5.39 Å². The minimum atomic E-state index is -0.692. The van der Waals surface area contributed by atoms with Crippen LogP contribution in [0.4, 0.5) is 15.3 Å². The Balaban J connectivity index is 1.74. The number of hydrogen-bond donors (Lipinski definition) is 2. The fourth-order valence-corrected chi connectivity index (χ4v) is 4.24. The van der Waals surface area contributed by atoms with Crippen molar-refractivity contribution in [2.24, 2.45) is 5.92 Å². The predicted molar refractivity (Wildman–Crippen MR) is 147 cm³/mol. The van der Waals surface area contributed by atoms with Gasteiger partial charge in [0, 0.05) is 35.8 Å². The highest BCUT2D eigenvalue weighted by atomic mass is 79.9. The van der Waals surface area contributed by atoms with Crippen LogP contribution >= 0.6 is 15.9 Å². The van der Waals surface area contributed by atoms with Gasteiger partial charge < -0.3 is 20.1 Å². The third kappa shape index (κ3) is 7.79. The molecule has 0 radical (unpaired) electrons. The maximum atomic E-state index is 13.2. The van der Waals surface area contributed by atoms with Gasteiger partial charge in [0.05, 0.1) is 16.8 Å². The zero-order chi connectivity index (χ0) is 27.2. The average molecular weight is 573 g/mol. The highest BCUT2D eigenvalue weighted by molar-refractivity contribution is 9.10. The largest absolute Gasteiger partial charge is 0.449 e. The summed E-state index contributed by atoms with van der Waals surface area (Å²) in [5.41, 5.74) is 1.62. The number of rotatable bonds is 8. The highest BCUT2D eigenvalue weighted by Gasteiger charge is 2.26. The molecule has 2 N–H and O–H groups in total. The number of aromatic nitrogens is 2. The topological polar surface area (TPSA) is 112 Å². The number of halogens is 1. The molecule has 9 nitrogen and oxygen atoms in total. The molecular weight excluding hydrogens is 540 g/mol. The van der Waals surface area contributed by atoms with Crippen molar-refractivity contribution in [2.45, 2.75) is 53.1 Å². The van der Waals surface area contributed by atoms with E-state index in [0.29, 0.717) is 46.6 Å². The van der Waals surface area contributed by atoms with Crippen molar-refractivity contribution in [1.29, 1.82) is 0 Å². The molecule has 3 rings (SSSR count). The Hall–Kier alpha value is -3.40. The highest BCUT2D eigenvalue weighted by Crippen LogP contribution is 2.38. The summed E-state index contributed by atoms with van der Waals surface area (Å²) >= 11 is 3.63. The first-order valence-corrected chi connectivity index (χ1v) is 12.9. The molecule has 0 saturated carbocycles. The zero-order valence-corrected chi connectivity index (χ0v) is 23.3. The summed E-state index contributed by atoms with van der Waals surface area (Å²) < 4.78 is 12.8. The van der Waals surface area contributed by atoms with Crippen LogP contribution in [-0.4, -0.2) is 46.4 Å².